The number of carbonyl (C=O) groups is 1. The molecule has 0 atom stereocenters. The second-order valence-electron chi connectivity index (χ2n) is 4.78. The number of Topliss-reactive ketones (excluding diaryl/α,β-unsaturated/α-hetero) is 1. The summed E-state index contributed by atoms with van der Waals surface area (Å²) in [6.07, 6.45) is 2.29. The summed E-state index contributed by atoms with van der Waals surface area (Å²) in [7, 11) is 2.00. The van der Waals surface area contributed by atoms with Gasteiger partial charge in [0.05, 0.1) is 16.9 Å². The lowest BCUT2D eigenvalue weighted by Gasteiger charge is -2.19. The summed E-state index contributed by atoms with van der Waals surface area (Å²) in [5, 5.41) is 13.2. The first-order valence-corrected chi connectivity index (χ1v) is 6.05. The molecule has 4 heteroatoms. The van der Waals surface area contributed by atoms with Crippen molar-refractivity contribution in [2.45, 2.75) is 19.3 Å². The zero-order valence-corrected chi connectivity index (χ0v) is 9.92. The smallest absolute Gasteiger partial charge is 0.167 e. The van der Waals surface area contributed by atoms with Crippen molar-refractivity contribution < 1.29 is 9.90 Å². The van der Waals surface area contributed by atoms with Gasteiger partial charge in [-0.1, -0.05) is 0 Å². The fraction of sp³-hybridized carbons (Fsp3) is 0.462. The van der Waals surface area contributed by atoms with E-state index in [0.717, 1.165) is 37.2 Å². The van der Waals surface area contributed by atoms with E-state index < -0.39 is 0 Å². The van der Waals surface area contributed by atoms with Crippen LogP contribution in [0.3, 0.4) is 0 Å². The third kappa shape index (κ3) is 1.47. The number of benzene rings is 1. The largest absolute Gasteiger partial charge is 0.506 e. The Balaban J connectivity index is 2.28. The van der Waals surface area contributed by atoms with Crippen LogP contribution in [0.25, 0.3) is 0 Å². The minimum Gasteiger partial charge on any atom is -0.506 e. The molecule has 0 amide bonds. The third-order valence-corrected chi connectivity index (χ3v) is 3.62. The van der Waals surface area contributed by atoms with Crippen LogP contribution in [0.1, 0.15) is 28.8 Å². The number of nitrogens with one attached hydrogen (secondary N) is 1. The number of aromatic hydroxyl groups is 1. The van der Waals surface area contributed by atoms with E-state index in [4.69, 9.17) is 0 Å². The van der Waals surface area contributed by atoms with Gasteiger partial charge in [0.15, 0.2) is 5.78 Å². The quantitative estimate of drug-likeness (QED) is 0.669. The van der Waals surface area contributed by atoms with Gasteiger partial charge in [0, 0.05) is 26.6 Å². The highest BCUT2D eigenvalue weighted by Crippen LogP contribution is 2.42. The number of ketones is 1. The normalized spacial score (nSPS) is 18.4. The molecule has 0 saturated carbocycles. The van der Waals surface area contributed by atoms with Crippen LogP contribution in [-0.2, 0) is 6.42 Å². The zero-order chi connectivity index (χ0) is 12.0. The molecule has 0 fully saturated rings. The van der Waals surface area contributed by atoms with Gasteiger partial charge in [-0.2, -0.15) is 0 Å². The Morgan fingerprint density at radius 1 is 1.41 bits per heavy atom. The van der Waals surface area contributed by atoms with Crippen molar-refractivity contribution in [1.82, 2.24) is 0 Å². The van der Waals surface area contributed by atoms with Gasteiger partial charge in [0.2, 0.25) is 0 Å². The maximum atomic E-state index is 12.2. The first-order chi connectivity index (χ1) is 8.18. The minimum atomic E-state index is 0.144. The zero-order valence-electron chi connectivity index (χ0n) is 9.92. The Bertz CT molecular complexity index is 497. The highest BCUT2D eigenvalue weighted by atomic mass is 16.3. The molecule has 2 N–H and O–H groups in total. The van der Waals surface area contributed by atoms with Crippen LogP contribution >= 0.6 is 0 Å². The summed E-state index contributed by atoms with van der Waals surface area (Å²) in [5.74, 6) is 0.357. The molecule has 2 aliphatic rings. The van der Waals surface area contributed by atoms with Gasteiger partial charge in [-0.15, -0.1) is 0 Å². The molecule has 1 aromatic rings. The lowest BCUT2D eigenvalue weighted by atomic mass is 9.99. The van der Waals surface area contributed by atoms with E-state index in [-0.39, 0.29) is 11.5 Å². The summed E-state index contributed by atoms with van der Waals surface area (Å²) >= 11 is 0. The molecule has 0 aliphatic carbocycles. The monoisotopic (exact) mass is 232 g/mol. The number of likely N-dealkylation sites (N-methyl/N-ethyl adjacent to an activating group) is 1. The fourth-order valence-electron chi connectivity index (χ4n) is 2.78. The van der Waals surface area contributed by atoms with Gasteiger partial charge in [0.25, 0.3) is 0 Å². The van der Waals surface area contributed by atoms with Crippen LogP contribution in [0, 0.1) is 0 Å². The molecule has 0 spiro atoms. The number of phenolic OH excluding ortho intramolecular Hbond substituents is 1. The molecule has 0 aromatic heterocycles. The van der Waals surface area contributed by atoms with E-state index >= 15 is 0 Å². The summed E-state index contributed by atoms with van der Waals surface area (Å²) in [5.41, 5.74) is 3.41. The topological polar surface area (TPSA) is 52.6 Å². The lowest BCUT2D eigenvalue weighted by molar-refractivity contribution is 0.0984. The third-order valence-electron chi connectivity index (χ3n) is 3.62. The second-order valence-corrected chi connectivity index (χ2v) is 4.78. The molecule has 0 bridgehead atoms. The highest BCUT2D eigenvalue weighted by molar-refractivity contribution is 6.09. The molecule has 2 aliphatic heterocycles. The van der Waals surface area contributed by atoms with Crippen LogP contribution < -0.4 is 10.2 Å². The molecule has 0 radical (unpaired) electrons. The Morgan fingerprint density at radius 2 is 2.24 bits per heavy atom. The highest BCUT2D eigenvalue weighted by Gasteiger charge is 2.29. The number of rotatable bonds is 0. The van der Waals surface area contributed by atoms with Gasteiger partial charge < -0.3 is 15.3 Å². The molecule has 17 heavy (non-hydrogen) atoms. The first-order valence-electron chi connectivity index (χ1n) is 6.05. The van der Waals surface area contributed by atoms with Gasteiger partial charge in [-0.05, 0) is 24.5 Å². The number of hydrogen-bond acceptors (Lipinski definition) is 4. The number of carbonyl (C=O) groups excluding carboxylic acids is 1. The lowest BCUT2D eigenvalue weighted by Crippen LogP contribution is -2.16. The van der Waals surface area contributed by atoms with E-state index in [1.807, 2.05) is 7.05 Å². The average molecular weight is 232 g/mol. The minimum absolute atomic E-state index is 0.144. The van der Waals surface area contributed by atoms with Crippen LogP contribution in [0.4, 0.5) is 11.4 Å². The predicted octanol–water partition coefficient (Wildman–Crippen LogP) is 1.77. The SMILES string of the molecule is CN1CCc2cc(O)c3c(c21)C(=O)CCCN3. The molecule has 2 heterocycles. The maximum Gasteiger partial charge on any atom is 0.167 e. The molecule has 90 valence electrons. The Kier molecular flexibility index (Phi) is 2.24. The van der Waals surface area contributed by atoms with Crippen molar-refractivity contribution in [3.05, 3.63) is 17.2 Å². The number of fused-ring (bicyclic) bond motifs is 3. The van der Waals surface area contributed by atoms with E-state index in [2.05, 4.69) is 10.2 Å². The summed E-state index contributed by atoms with van der Waals surface area (Å²) < 4.78 is 0. The molecule has 0 unspecified atom stereocenters. The molecule has 4 nitrogen and oxygen atoms in total. The standard InChI is InChI=1S/C13H16N2O2/c1-15-6-4-8-7-10(17)12-11(13(8)15)9(16)3-2-5-14-12/h7,14,17H,2-6H2,1H3. The Hall–Kier alpha value is -1.71. The number of anilines is 2. The molecular weight excluding hydrogens is 216 g/mol. The van der Waals surface area contributed by atoms with E-state index in [0.29, 0.717) is 17.7 Å². The molecular formula is C13H16N2O2. The van der Waals surface area contributed by atoms with E-state index in [9.17, 15) is 9.90 Å². The van der Waals surface area contributed by atoms with Crippen molar-refractivity contribution in [3.63, 3.8) is 0 Å². The first kappa shape index (κ1) is 10.4. The van der Waals surface area contributed by atoms with Gasteiger partial charge >= 0.3 is 0 Å². The van der Waals surface area contributed by atoms with Crippen molar-refractivity contribution >= 4 is 17.2 Å². The van der Waals surface area contributed by atoms with Crippen LogP contribution in [0.15, 0.2) is 6.07 Å². The summed E-state index contributed by atoms with van der Waals surface area (Å²) in [6.45, 7) is 1.66. The molecule has 0 saturated heterocycles. The fourth-order valence-corrected chi connectivity index (χ4v) is 2.78. The number of phenols is 1. The van der Waals surface area contributed by atoms with Crippen molar-refractivity contribution in [1.29, 1.82) is 0 Å². The number of hydrogen-bond donors (Lipinski definition) is 2. The van der Waals surface area contributed by atoms with Crippen molar-refractivity contribution in [2.75, 3.05) is 30.4 Å². The van der Waals surface area contributed by atoms with Crippen LogP contribution in [-0.4, -0.2) is 31.0 Å². The van der Waals surface area contributed by atoms with Gasteiger partial charge in [-0.3, -0.25) is 4.79 Å². The van der Waals surface area contributed by atoms with E-state index in [1.54, 1.807) is 6.07 Å². The second kappa shape index (κ2) is 3.65. The van der Waals surface area contributed by atoms with Gasteiger partial charge in [-0.25, -0.2) is 0 Å². The van der Waals surface area contributed by atoms with E-state index in [1.165, 1.54) is 0 Å². The van der Waals surface area contributed by atoms with Gasteiger partial charge in [0.1, 0.15) is 5.75 Å². The van der Waals surface area contributed by atoms with Crippen molar-refractivity contribution in [3.8, 4) is 5.75 Å². The van der Waals surface area contributed by atoms with Crippen LogP contribution in [0.5, 0.6) is 5.75 Å². The Morgan fingerprint density at radius 3 is 3.06 bits per heavy atom. The summed E-state index contributed by atoms with van der Waals surface area (Å²) in [6, 6.07) is 1.79. The predicted molar refractivity (Wildman–Crippen MR) is 67.1 cm³/mol. The maximum absolute atomic E-state index is 12.2. The van der Waals surface area contributed by atoms with Crippen molar-refractivity contribution in [2.24, 2.45) is 0 Å². The Labute approximate surface area is 100 Å². The molecule has 1 aromatic carbocycles. The van der Waals surface area contributed by atoms with Crippen LogP contribution in [0.2, 0.25) is 0 Å². The number of nitrogens with zero attached hydrogens (tertiary/aromatic N) is 1. The average Bonchev–Trinajstić information content (AvgIpc) is 2.55. The summed E-state index contributed by atoms with van der Waals surface area (Å²) in [4.78, 5) is 14.3. The molecule has 3 rings (SSSR count).